The zero-order chi connectivity index (χ0) is 21.8. The van der Waals surface area contributed by atoms with Crippen molar-refractivity contribution in [3.05, 3.63) is 70.9 Å². The maximum atomic E-state index is 13.1. The fraction of sp³-hybridized carbons (Fsp3) is 0.360. The zero-order valence-electron chi connectivity index (χ0n) is 17.6. The number of benzene rings is 2. The number of aromatic nitrogens is 1. The van der Waals surface area contributed by atoms with E-state index in [2.05, 4.69) is 9.88 Å². The molecule has 0 bridgehead atoms. The van der Waals surface area contributed by atoms with Crippen molar-refractivity contribution < 1.29 is 14.3 Å². The highest BCUT2D eigenvalue weighted by Gasteiger charge is 2.27. The molecule has 6 heteroatoms. The molecule has 1 aliphatic carbocycles. The lowest BCUT2D eigenvalue weighted by molar-refractivity contribution is -0.146. The molecule has 0 saturated heterocycles. The molecule has 1 heterocycles. The predicted octanol–water partition coefficient (Wildman–Crippen LogP) is 5.05. The van der Waals surface area contributed by atoms with Crippen LogP contribution in [0.5, 0.6) is 0 Å². The molecule has 0 radical (unpaired) electrons. The van der Waals surface area contributed by atoms with E-state index < -0.39 is 0 Å². The van der Waals surface area contributed by atoms with Gasteiger partial charge in [0.25, 0.3) is 5.91 Å². The van der Waals surface area contributed by atoms with Crippen LogP contribution >= 0.6 is 11.6 Å². The number of carbonyl (C=O) groups excluding carboxylic acids is 2. The number of carbonyl (C=O) groups is 2. The normalized spacial score (nSPS) is 18.6. The lowest BCUT2D eigenvalue weighted by Crippen LogP contribution is -2.33. The van der Waals surface area contributed by atoms with Gasteiger partial charge in [0.05, 0.1) is 24.1 Å². The fourth-order valence-electron chi connectivity index (χ4n) is 4.46. The van der Waals surface area contributed by atoms with Crippen LogP contribution in [0.4, 0.5) is 0 Å². The number of hydrogen-bond donors (Lipinski definition) is 1. The largest absolute Gasteiger partial charge is 0.469 e. The summed E-state index contributed by atoms with van der Waals surface area (Å²) in [5.74, 6) is 0.221. The van der Waals surface area contributed by atoms with Crippen molar-refractivity contribution in [3.8, 4) is 0 Å². The van der Waals surface area contributed by atoms with Gasteiger partial charge in [0.1, 0.15) is 0 Å². The molecule has 1 aliphatic rings. The molecule has 4 rings (SSSR count). The van der Waals surface area contributed by atoms with E-state index in [1.54, 1.807) is 0 Å². The minimum Gasteiger partial charge on any atom is -0.469 e. The van der Waals surface area contributed by atoms with Crippen LogP contribution in [0, 0.1) is 11.8 Å². The summed E-state index contributed by atoms with van der Waals surface area (Å²) in [6.45, 7) is 1.30. The standard InChI is InChI=1S/C25H27ClN2O3/c1-31-25(30)20-9-5-17(6-10-20)15-27-24(29)22-4-2-3-19-13-14-28(23(19)22)16-18-7-11-21(26)12-8-18/h2-4,7-8,11-14,17,20H,5-6,9-10,15-16H2,1H3,(H,27,29)/t17-,20+. The van der Waals surface area contributed by atoms with Crippen LogP contribution in [0.25, 0.3) is 10.9 Å². The molecule has 31 heavy (non-hydrogen) atoms. The van der Waals surface area contributed by atoms with E-state index >= 15 is 0 Å². The highest BCUT2D eigenvalue weighted by Crippen LogP contribution is 2.29. The number of hydrogen-bond acceptors (Lipinski definition) is 3. The zero-order valence-corrected chi connectivity index (χ0v) is 18.4. The predicted molar refractivity (Wildman–Crippen MR) is 122 cm³/mol. The molecule has 1 saturated carbocycles. The molecule has 0 spiro atoms. The van der Waals surface area contributed by atoms with Crippen molar-refractivity contribution in [2.75, 3.05) is 13.7 Å². The summed E-state index contributed by atoms with van der Waals surface area (Å²) in [6.07, 6.45) is 5.53. The second-order valence-corrected chi connectivity index (χ2v) is 8.70. The summed E-state index contributed by atoms with van der Waals surface area (Å²) in [7, 11) is 1.44. The number of halogens is 1. The number of methoxy groups -OCH3 is 1. The first-order valence-electron chi connectivity index (χ1n) is 10.7. The Labute approximate surface area is 187 Å². The summed E-state index contributed by atoms with van der Waals surface area (Å²) in [4.78, 5) is 24.8. The van der Waals surface area contributed by atoms with Gasteiger partial charge in [0.2, 0.25) is 0 Å². The maximum Gasteiger partial charge on any atom is 0.308 e. The number of nitrogens with zero attached hydrogens (tertiary/aromatic N) is 1. The third-order valence-corrected chi connectivity index (χ3v) is 6.48. The average molecular weight is 439 g/mol. The number of nitrogens with one attached hydrogen (secondary N) is 1. The van der Waals surface area contributed by atoms with Crippen LogP contribution in [0.15, 0.2) is 54.7 Å². The summed E-state index contributed by atoms with van der Waals surface area (Å²) in [5.41, 5.74) is 2.74. The Morgan fingerprint density at radius 2 is 1.81 bits per heavy atom. The van der Waals surface area contributed by atoms with Gasteiger partial charge >= 0.3 is 5.97 Å². The molecule has 162 valence electrons. The fourth-order valence-corrected chi connectivity index (χ4v) is 4.59. The molecule has 0 unspecified atom stereocenters. The monoisotopic (exact) mass is 438 g/mol. The van der Waals surface area contributed by atoms with E-state index in [1.165, 1.54) is 7.11 Å². The Bertz CT molecular complexity index is 1070. The number of rotatable bonds is 6. The minimum atomic E-state index is -0.115. The molecule has 1 fully saturated rings. The number of para-hydroxylation sites is 1. The van der Waals surface area contributed by atoms with Gasteiger partial charge < -0.3 is 14.6 Å². The first-order chi connectivity index (χ1) is 15.0. The van der Waals surface area contributed by atoms with Crippen molar-refractivity contribution in [2.24, 2.45) is 11.8 Å². The summed E-state index contributed by atoms with van der Waals surface area (Å²) < 4.78 is 6.96. The lowest BCUT2D eigenvalue weighted by atomic mass is 9.82. The third kappa shape index (κ3) is 4.93. The molecular weight excluding hydrogens is 412 g/mol. The molecule has 0 aliphatic heterocycles. The van der Waals surface area contributed by atoms with E-state index in [1.807, 2.05) is 54.7 Å². The summed E-state index contributed by atoms with van der Waals surface area (Å²) in [5, 5.41) is 4.87. The van der Waals surface area contributed by atoms with Gasteiger partial charge in [-0.3, -0.25) is 9.59 Å². The number of fused-ring (bicyclic) bond motifs is 1. The van der Waals surface area contributed by atoms with Gasteiger partial charge in [-0.05, 0) is 61.4 Å². The molecule has 1 aromatic heterocycles. The van der Waals surface area contributed by atoms with Crippen LogP contribution in [0.2, 0.25) is 5.02 Å². The second-order valence-electron chi connectivity index (χ2n) is 8.26. The van der Waals surface area contributed by atoms with Gasteiger partial charge in [-0.1, -0.05) is 35.9 Å². The van der Waals surface area contributed by atoms with Crippen molar-refractivity contribution in [1.82, 2.24) is 9.88 Å². The molecule has 0 atom stereocenters. The van der Waals surface area contributed by atoms with Crippen molar-refractivity contribution in [3.63, 3.8) is 0 Å². The van der Waals surface area contributed by atoms with E-state index in [9.17, 15) is 9.59 Å². The first kappa shape index (κ1) is 21.4. The van der Waals surface area contributed by atoms with Gasteiger partial charge in [0, 0.05) is 29.7 Å². The highest BCUT2D eigenvalue weighted by atomic mass is 35.5. The SMILES string of the molecule is COC(=O)[C@H]1CC[C@@H](CNC(=O)c2cccc3ccn(Cc4ccc(Cl)cc4)c23)CC1. The smallest absolute Gasteiger partial charge is 0.308 e. The van der Waals surface area contributed by atoms with E-state index in [-0.39, 0.29) is 17.8 Å². The van der Waals surface area contributed by atoms with Gasteiger partial charge in [-0.15, -0.1) is 0 Å². The molecule has 3 aromatic rings. The molecule has 5 nitrogen and oxygen atoms in total. The number of ether oxygens (including phenoxy) is 1. The molecule has 1 N–H and O–H groups in total. The Morgan fingerprint density at radius 1 is 1.06 bits per heavy atom. The van der Waals surface area contributed by atoms with Crippen molar-refractivity contribution >= 4 is 34.4 Å². The van der Waals surface area contributed by atoms with Crippen LogP contribution in [0.1, 0.15) is 41.6 Å². The molecule has 1 amide bonds. The Morgan fingerprint density at radius 3 is 2.52 bits per heavy atom. The first-order valence-corrected chi connectivity index (χ1v) is 11.1. The van der Waals surface area contributed by atoms with Gasteiger partial charge in [0.15, 0.2) is 0 Å². The molecule has 2 aromatic carbocycles. The van der Waals surface area contributed by atoms with Crippen LogP contribution in [0.3, 0.4) is 0 Å². The minimum absolute atomic E-state index is 0.00171. The Hall–Kier alpha value is -2.79. The average Bonchev–Trinajstić information content (AvgIpc) is 3.21. The van der Waals surface area contributed by atoms with Crippen LogP contribution < -0.4 is 5.32 Å². The van der Waals surface area contributed by atoms with E-state index in [0.717, 1.165) is 42.1 Å². The van der Waals surface area contributed by atoms with Gasteiger partial charge in [-0.2, -0.15) is 0 Å². The van der Waals surface area contributed by atoms with E-state index in [4.69, 9.17) is 16.3 Å². The Balaban J connectivity index is 1.44. The third-order valence-electron chi connectivity index (χ3n) is 6.23. The number of amides is 1. The summed E-state index contributed by atoms with van der Waals surface area (Å²) in [6, 6.07) is 15.6. The number of esters is 1. The van der Waals surface area contributed by atoms with Crippen molar-refractivity contribution in [1.29, 1.82) is 0 Å². The van der Waals surface area contributed by atoms with E-state index in [0.29, 0.717) is 29.6 Å². The van der Waals surface area contributed by atoms with Crippen LogP contribution in [-0.4, -0.2) is 30.1 Å². The van der Waals surface area contributed by atoms with Crippen molar-refractivity contribution in [2.45, 2.75) is 32.2 Å². The second kappa shape index (κ2) is 9.56. The Kier molecular flexibility index (Phi) is 6.62. The highest BCUT2D eigenvalue weighted by molar-refractivity contribution is 6.30. The quantitative estimate of drug-likeness (QED) is 0.547. The van der Waals surface area contributed by atoms with Gasteiger partial charge in [-0.25, -0.2) is 0 Å². The maximum absolute atomic E-state index is 13.1. The lowest BCUT2D eigenvalue weighted by Gasteiger charge is -2.27. The van der Waals surface area contributed by atoms with Crippen LogP contribution in [-0.2, 0) is 16.1 Å². The molecular formula is C25H27ClN2O3. The topological polar surface area (TPSA) is 60.3 Å². The summed E-state index contributed by atoms with van der Waals surface area (Å²) >= 11 is 6.00.